The van der Waals surface area contributed by atoms with E-state index < -0.39 is 8.07 Å². The molecule has 1 spiro atoms. The third-order valence-corrected chi connectivity index (χ3v) is 19.8. The van der Waals surface area contributed by atoms with Crippen LogP contribution in [0.25, 0.3) is 42.7 Å². The van der Waals surface area contributed by atoms with Crippen molar-refractivity contribution in [3.05, 3.63) is 95.5 Å². The Bertz CT molecular complexity index is 2110. The van der Waals surface area contributed by atoms with Crippen molar-refractivity contribution in [1.29, 1.82) is 0 Å². The van der Waals surface area contributed by atoms with Crippen LogP contribution in [0, 0.1) is 24.8 Å². The summed E-state index contributed by atoms with van der Waals surface area (Å²) in [7, 11) is -0.861. The first-order valence-corrected chi connectivity index (χ1v) is 24.8. The molecular formula is C49H63IrN2O2SSi-. The normalized spacial score (nSPS) is 16.1. The third-order valence-electron chi connectivity index (χ3n) is 13.0. The summed E-state index contributed by atoms with van der Waals surface area (Å²) in [6.45, 7) is 17.1. The van der Waals surface area contributed by atoms with Gasteiger partial charge in [0, 0.05) is 53.3 Å². The maximum absolute atomic E-state index is 11.7. The molecule has 2 aliphatic heterocycles. The Morgan fingerprint density at radius 3 is 2.14 bits per heavy atom. The van der Waals surface area contributed by atoms with Crippen molar-refractivity contribution in [3.63, 3.8) is 0 Å². The molecule has 0 unspecified atom stereocenters. The van der Waals surface area contributed by atoms with Crippen LogP contribution in [-0.4, -0.2) is 28.9 Å². The minimum Gasteiger partial charge on any atom is -0.512 e. The smallest absolute Gasteiger partial charge is 0.162 e. The standard InChI is InChI=1S/C36H39N2SSi.C13H24O2.Ir/c1-24-32-35(33(38-23-37-32)29-21-28-9-5-6-10-30(28)31(22-29)36(2,3)4)39-34(24)27-13-11-25(12-14-27)26-15-19-40(20-16-26)17-7-8-18-40;1-5-10(6-2)12(14)9-13(15)11(7-3)8-4;/h5-6,9-14,22-23,26H,7-8,15-20H2,1-4H3;9-11,14H,5-8H2,1-4H3;/q-1;;/b;12-9-;. The number of thiophene rings is 1. The van der Waals surface area contributed by atoms with Crippen LogP contribution in [0.2, 0.25) is 24.2 Å². The molecule has 2 aromatic heterocycles. The molecule has 2 fully saturated rings. The number of aliphatic hydroxyl groups is 1. The molecule has 7 heteroatoms. The average molecular weight is 964 g/mol. The van der Waals surface area contributed by atoms with Gasteiger partial charge in [0.2, 0.25) is 0 Å². The van der Waals surface area contributed by atoms with Gasteiger partial charge < -0.3 is 5.11 Å². The third kappa shape index (κ3) is 9.66. The molecule has 1 N–H and O–H groups in total. The second kappa shape index (κ2) is 19.2. The summed E-state index contributed by atoms with van der Waals surface area (Å²) in [6, 6.07) is 30.5. The Morgan fingerprint density at radius 2 is 1.54 bits per heavy atom. The van der Waals surface area contributed by atoms with Crippen molar-refractivity contribution in [1.82, 2.24) is 9.97 Å². The minimum absolute atomic E-state index is 0. The van der Waals surface area contributed by atoms with Gasteiger partial charge in [0.1, 0.15) is 6.33 Å². The molecule has 1 radical (unpaired) electrons. The van der Waals surface area contributed by atoms with E-state index in [2.05, 4.69) is 88.4 Å². The molecule has 7 rings (SSSR count). The average Bonchev–Trinajstić information content (AvgIpc) is 3.79. The van der Waals surface area contributed by atoms with Gasteiger partial charge in [-0.25, -0.2) is 4.98 Å². The van der Waals surface area contributed by atoms with Gasteiger partial charge in [-0.15, -0.1) is 40.5 Å². The van der Waals surface area contributed by atoms with E-state index in [-0.39, 0.29) is 48.9 Å². The molecule has 4 nitrogen and oxygen atoms in total. The van der Waals surface area contributed by atoms with E-state index in [1.165, 1.54) is 58.7 Å². The Kier molecular flexibility index (Phi) is 15.1. The molecule has 2 aliphatic rings. The molecule has 5 aromatic rings. The molecule has 0 atom stereocenters. The number of carbonyl (C=O) groups is 1. The molecule has 0 aliphatic carbocycles. The molecule has 0 amide bonds. The Hall–Kier alpha value is -2.96. The Balaban J connectivity index is 0.000000322. The fourth-order valence-corrected chi connectivity index (χ4v) is 16.0. The van der Waals surface area contributed by atoms with Crippen molar-refractivity contribution >= 4 is 46.2 Å². The van der Waals surface area contributed by atoms with Crippen molar-refractivity contribution in [3.8, 4) is 21.7 Å². The van der Waals surface area contributed by atoms with E-state index in [1.54, 1.807) is 36.1 Å². The number of allylic oxidation sites excluding steroid dienone is 2. The number of aromatic nitrogens is 2. The molecular weight excluding hydrogens is 901 g/mol. The largest absolute Gasteiger partial charge is 0.512 e. The number of rotatable bonds is 10. The van der Waals surface area contributed by atoms with Crippen molar-refractivity contribution in [2.45, 2.75) is 142 Å². The molecule has 0 saturated carbocycles. The second-order valence-corrected chi connectivity index (χ2v) is 23.5. The molecule has 3 aromatic carbocycles. The maximum atomic E-state index is 11.7. The van der Waals surface area contributed by atoms with Gasteiger partial charge in [-0.2, -0.15) is 0 Å². The summed E-state index contributed by atoms with van der Waals surface area (Å²) in [6.07, 6.45) is 12.5. The first-order chi connectivity index (χ1) is 26.4. The zero-order valence-corrected chi connectivity index (χ0v) is 39.3. The summed E-state index contributed by atoms with van der Waals surface area (Å²) in [4.78, 5) is 22.6. The minimum atomic E-state index is -0.861. The van der Waals surface area contributed by atoms with E-state index in [1.807, 2.05) is 39.0 Å². The van der Waals surface area contributed by atoms with E-state index in [4.69, 9.17) is 9.97 Å². The fourth-order valence-electron chi connectivity index (χ4n) is 9.34. The Labute approximate surface area is 355 Å². The monoisotopic (exact) mass is 964 g/mol. The predicted octanol–water partition coefficient (Wildman–Crippen LogP) is 14.6. The number of carbonyl (C=O) groups excluding carboxylic acids is 1. The van der Waals surface area contributed by atoms with Gasteiger partial charge in [-0.3, -0.25) is 9.78 Å². The summed E-state index contributed by atoms with van der Waals surface area (Å²) in [5.41, 5.74) is 8.55. The summed E-state index contributed by atoms with van der Waals surface area (Å²) >= 11 is 1.83. The zero-order chi connectivity index (χ0) is 39.3. The van der Waals surface area contributed by atoms with Gasteiger partial charge in [-0.05, 0) is 73.5 Å². The molecule has 0 bridgehead atoms. The number of aryl methyl sites for hydroxylation is 1. The van der Waals surface area contributed by atoms with Crippen LogP contribution in [0.5, 0.6) is 0 Å². The van der Waals surface area contributed by atoms with Gasteiger partial charge in [0.25, 0.3) is 0 Å². The fraction of sp³-hybridized carbons (Fsp3) is 0.490. The van der Waals surface area contributed by atoms with E-state index in [0.717, 1.165) is 58.5 Å². The molecule has 4 heterocycles. The van der Waals surface area contributed by atoms with Crippen LogP contribution in [0.3, 0.4) is 0 Å². The van der Waals surface area contributed by atoms with Crippen molar-refractivity contribution < 1.29 is 30.0 Å². The number of fused-ring (bicyclic) bond motifs is 2. The maximum Gasteiger partial charge on any atom is 0.162 e. The topological polar surface area (TPSA) is 63.1 Å². The molecule has 2 saturated heterocycles. The number of ketones is 1. The number of hydrogen-bond acceptors (Lipinski definition) is 5. The number of hydrogen-bond donors (Lipinski definition) is 1. The van der Waals surface area contributed by atoms with Crippen LogP contribution >= 0.6 is 11.3 Å². The summed E-state index contributed by atoms with van der Waals surface area (Å²) in [5, 5.41) is 12.2. The van der Waals surface area contributed by atoms with Crippen LogP contribution < -0.4 is 0 Å². The quantitative estimate of drug-likeness (QED) is 0.0656. The van der Waals surface area contributed by atoms with Gasteiger partial charge in [-0.1, -0.05) is 139 Å². The second-order valence-electron chi connectivity index (χ2n) is 17.5. The number of nitrogens with zero attached hydrogens (tertiary/aromatic N) is 2. The van der Waals surface area contributed by atoms with Gasteiger partial charge in [0.05, 0.1) is 19.3 Å². The van der Waals surface area contributed by atoms with Crippen LogP contribution in [-0.2, 0) is 30.3 Å². The van der Waals surface area contributed by atoms with E-state index in [9.17, 15) is 9.90 Å². The summed E-state index contributed by atoms with van der Waals surface area (Å²) < 4.78 is 1.16. The van der Waals surface area contributed by atoms with Crippen LogP contribution in [0.15, 0.2) is 72.8 Å². The van der Waals surface area contributed by atoms with Gasteiger partial charge in [0.15, 0.2) is 5.78 Å². The van der Waals surface area contributed by atoms with Gasteiger partial charge >= 0.3 is 0 Å². The first-order valence-electron chi connectivity index (χ1n) is 21.2. The van der Waals surface area contributed by atoms with Crippen LogP contribution in [0.1, 0.15) is 122 Å². The first kappa shape index (κ1) is 44.1. The molecule has 301 valence electrons. The predicted molar refractivity (Wildman–Crippen MR) is 238 cm³/mol. The summed E-state index contributed by atoms with van der Waals surface area (Å²) in [5.74, 6) is 1.31. The van der Waals surface area contributed by atoms with Crippen molar-refractivity contribution in [2.75, 3.05) is 0 Å². The van der Waals surface area contributed by atoms with E-state index in [0.29, 0.717) is 0 Å². The van der Waals surface area contributed by atoms with Crippen molar-refractivity contribution in [2.24, 2.45) is 11.8 Å². The SMILES string of the molecule is CCC(CC)C(=O)/C=C(\O)C(CC)CC.Cc1c(-c2ccc(C3CC[Si]4(CCCC4)CC3)cc2)sc2c(-c3[c-]c4ccccc4c(C(C)(C)C)c3)ncnc12.[Ir]. The van der Waals surface area contributed by atoms with E-state index >= 15 is 0 Å². The molecule has 56 heavy (non-hydrogen) atoms. The van der Waals surface area contributed by atoms with Crippen LogP contribution in [0.4, 0.5) is 0 Å². The zero-order valence-electron chi connectivity index (χ0n) is 35.1. The Morgan fingerprint density at radius 1 is 0.911 bits per heavy atom. The number of aliphatic hydroxyl groups excluding tert-OH is 1. The number of benzene rings is 3.